The first-order chi connectivity index (χ1) is 15.9. The summed E-state index contributed by atoms with van der Waals surface area (Å²) in [5.74, 6) is -0.423. The number of rotatable bonds is 11. The summed E-state index contributed by atoms with van der Waals surface area (Å²) in [5.41, 5.74) is 2.34. The Hall–Kier alpha value is -2.87. The van der Waals surface area contributed by atoms with Crippen LogP contribution in [0.5, 0.6) is 0 Å². The molecule has 2 atom stereocenters. The van der Waals surface area contributed by atoms with Gasteiger partial charge in [0.05, 0.1) is 11.9 Å². The molecular formula is C26H37N3O4S. The van der Waals surface area contributed by atoms with Gasteiger partial charge in [-0.3, -0.25) is 13.9 Å². The Balaban J connectivity index is 2.35. The van der Waals surface area contributed by atoms with E-state index >= 15 is 0 Å². The molecular weight excluding hydrogens is 450 g/mol. The lowest BCUT2D eigenvalue weighted by Gasteiger charge is -2.32. The van der Waals surface area contributed by atoms with Crippen LogP contribution in [0.4, 0.5) is 5.69 Å². The first-order valence-corrected chi connectivity index (χ1v) is 13.5. The molecule has 2 amide bonds. The Morgan fingerprint density at radius 3 is 2.03 bits per heavy atom. The highest BCUT2D eigenvalue weighted by atomic mass is 32.2. The van der Waals surface area contributed by atoms with Gasteiger partial charge in [0.15, 0.2) is 0 Å². The molecule has 0 heterocycles. The number of nitrogens with zero attached hydrogens (tertiary/aromatic N) is 2. The number of carbonyl (C=O) groups is 2. The standard InChI is InChI=1S/C26H37N3O4S/c1-7-20(4)27-26(31)21(5)28(17-22-11-9-8-10-12-22)25(30)18-29(34(6,32)33)24-15-13-23(14-16-24)19(2)3/h8-16,19-21H,7,17-18H2,1-6H3,(H,27,31)/t20-,21+/m0/s1. The van der Waals surface area contributed by atoms with E-state index < -0.39 is 28.5 Å². The van der Waals surface area contributed by atoms with Crippen LogP contribution in [0.2, 0.25) is 0 Å². The number of amides is 2. The summed E-state index contributed by atoms with van der Waals surface area (Å²) in [4.78, 5) is 27.8. The lowest BCUT2D eigenvalue weighted by Crippen LogP contribution is -2.52. The van der Waals surface area contributed by atoms with E-state index in [4.69, 9.17) is 0 Å². The fraction of sp³-hybridized carbons (Fsp3) is 0.462. The zero-order valence-corrected chi connectivity index (χ0v) is 21.8. The maximum atomic E-state index is 13.5. The molecule has 0 radical (unpaired) electrons. The summed E-state index contributed by atoms with van der Waals surface area (Å²) in [6, 6.07) is 15.7. The maximum absolute atomic E-state index is 13.5. The normalized spacial score (nSPS) is 13.3. The average molecular weight is 488 g/mol. The second-order valence-electron chi connectivity index (χ2n) is 9.02. The molecule has 34 heavy (non-hydrogen) atoms. The predicted octanol–water partition coefficient (Wildman–Crippen LogP) is 3.91. The van der Waals surface area contributed by atoms with Crippen molar-refractivity contribution in [3.05, 3.63) is 65.7 Å². The summed E-state index contributed by atoms with van der Waals surface area (Å²) >= 11 is 0. The van der Waals surface area contributed by atoms with Gasteiger partial charge in [0.1, 0.15) is 12.6 Å². The van der Waals surface area contributed by atoms with Crippen LogP contribution in [0.1, 0.15) is 58.1 Å². The molecule has 2 aromatic rings. The number of sulfonamides is 1. The summed E-state index contributed by atoms with van der Waals surface area (Å²) < 4.78 is 26.4. The Morgan fingerprint density at radius 1 is 0.941 bits per heavy atom. The van der Waals surface area contributed by atoms with Gasteiger partial charge in [0.2, 0.25) is 21.8 Å². The van der Waals surface area contributed by atoms with Crippen LogP contribution < -0.4 is 9.62 Å². The largest absolute Gasteiger partial charge is 0.352 e. The zero-order valence-electron chi connectivity index (χ0n) is 21.0. The second kappa shape index (κ2) is 12.0. The Bertz CT molecular complexity index is 1050. The van der Waals surface area contributed by atoms with Crippen LogP contribution in [-0.4, -0.2) is 50.0 Å². The van der Waals surface area contributed by atoms with Crippen molar-refractivity contribution in [2.24, 2.45) is 0 Å². The van der Waals surface area contributed by atoms with Gasteiger partial charge < -0.3 is 10.2 Å². The number of nitrogens with one attached hydrogen (secondary N) is 1. The third-order valence-corrected chi connectivity index (χ3v) is 7.03. The molecule has 2 aromatic carbocycles. The SMILES string of the molecule is CC[C@H](C)NC(=O)[C@@H](C)N(Cc1ccccc1)C(=O)CN(c1ccc(C(C)C)cc1)S(C)(=O)=O. The van der Waals surface area contributed by atoms with Crippen LogP contribution in [0.25, 0.3) is 0 Å². The molecule has 0 aliphatic heterocycles. The van der Waals surface area contributed by atoms with Crippen LogP contribution in [-0.2, 0) is 26.2 Å². The molecule has 0 spiro atoms. The van der Waals surface area contributed by atoms with E-state index in [9.17, 15) is 18.0 Å². The van der Waals surface area contributed by atoms with Crippen molar-refractivity contribution >= 4 is 27.5 Å². The van der Waals surface area contributed by atoms with Gasteiger partial charge in [-0.2, -0.15) is 0 Å². The molecule has 0 aliphatic carbocycles. The van der Waals surface area contributed by atoms with E-state index in [0.29, 0.717) is 11.6 Å². The average Bonchev–Trinajstić information content (AvgIpc) is 2.80. The van der Waals surface area contributed by atoms with Crippen molar-refractivity contribution in [2.45, 2.75) is 65.6 Å². The third kappa shape index (κ3) is 7.58. The lowest BCUT2D eigenvalue weighted by molar-refractivity contribution is -0.139. The van der Waals surface area contributed by atoms with E-state index in [1.807, 2.05) is 56.3 Å². The first-order valence-electron chi connectivity index (χ1n) is 11.7. The predicted molar refractivity (Wildman–Crippen MR) is 137 cm³/mol. The highest BCUT2D eigenvalue weighted by Gasteiger charge is 2.30. The molecule has 0 unspecified atom stereocenters. The third-order valence-electron chi connectivity index (χ3n) is 5.89. The van der Waals surface area contributed by atoms with Gasteiger partial charge in [-0.15, -0.1) is 0 Å². The van der Waals surface area contributed by atoms with Gasteiger partial charge in [-0.05, 0) is 49.4 Å². The highest BCUT2D eigenvalue weighted by molar-refractivity contribution is 7.92. The van der Waals surface area contributed by atoms with Crippen molar-refractivity contribution in [3.8, 4) is 0 Å². The van der Waals surface area contributed by atoms with E-state index in [-0.39, 0.29) is 18.5 Å². The highest BCUT2D eigenvalue weighted by Crippen LogP contribution is 2.22. The minimum Gasteiger partial charge on any atom is -0.352 e. The molecule has 0 aliphatic rings. The van der Waals surface area contributed by atoms with Crippen LogP contribution in [0.3, 0.4) is 0 Å². The maximum Gasteiger partial charge on any atom is 0.244 e. The molecule has 0 saturated carbocycles. The molecule has 0 fully saturated rings. The van der Waals surface area contributed by atoms with Crippen LogP contribution in [0, 0.1) is 0 Å². The van der Waals surface area contributed by atoms with Crippen molar-refractivity contribution < 1.29 is 18.0 Å². The smallest absolute Gasteiger partial charge is 0.244 e. The van der Waals surface area contributed by atoms with Crippen molar-refractivity contribution in [2.75, 3.05) is 17.1 Å². The quantitative estimate of drug-likeness (QED) is 0.521. The first kappa shape index (κ1) is 27.4. The zero-order chi connectivity index (χ0) is 25.5. The van der Waals surface area contributed by atoms with Gasteiger partial charge in [0, 0.05) is 12.6 Å². The van der Waals surface area contributed by atoms with E-state index in [2.05, 4.69) is 19.2 Å². The molecule has 2 rings (SSSR count). The van der Waals surface area contributed by atoms with Crippen molar-refractivity contribution in [3.63, 3.8) is 0 Å². The lowest BCUT2D eigenvalue weighted by atomic mass is 10.0. The number of carbonyl (C=O) groups excluding carboxylic acids is 2. The van der Waals surface area contributed by atoms with E-state index in [0.717, 1.165) is 28.1 Å². The topological polar surface area (TPSA) is 86.8 Å². The van der Waals surface area contributed by atoms with Gasteiger partial charge in [-0.25, -0.2) is 8.42 Å². The summed E-state index contributed by atoms with van der Waals surface area (Å²) in [5, 5.41) is 2.92. The fourth-order valence-electron chi connectivity index (χ4n) is 3.47. The Labute approximate surface area is 204 Å². The molecule has 0 aromatic heterocycles. The Kier molecular flexibility index (Phi) is 9.67. The molecule has 7 nitrogen and oxygen atoms in total. The van der Waals surface area contributed by atoms with Gasteiger partial charge in [-0.1, -0.05) is 63.2 Å². The van der Waals surface area contributed by atoms with Crippen LogP contribution >= 0.6 is 0 Å². The summed E-state index contributed by atoms with van der Waals surface area (Å²) in [7, 11) is -3.74. The Morgan fingerprint density at radius 2 is 1.53 bits per heavy atom. The summed E-state index contributed by atoms with van der Waals surface area (Å²) in [6.45, 7) is 9.45. The second-order valence-corrected chi connectivity index (χ2v) is 10.9. The van der Waals surface area contributed by atoms with E-state index in [1.165, 1.54) is 4.90 Å². The number of hydrogen-bond acceptors (Lipinski definition) is 4. The fourth-order valence-corrected chi connectivity index (χ4v) is 4.32. The minimum absolute atomic E-state index is 0.0318. The van der Waals surface area contributed by atoms with Gasteiger partial charge in [0.25, 0.3) is 0 Å². The van der Waals surface area contributed by atoms with Crippen LogP contribution in [0.15, 0.2) is 54.6 Å². The number of anilines is 1. The minimum atomic E-state index is -3.74. The van der Waals surface area contributed by atoms with Crippen molar-refractivity contribution in [1.29, 1.82) is 0 Å². The molecule has 1 N–H and O–H groups in total. The molecule has 8 heteroatoms. The van der Waals surface area contributed by atoms with E-state index in [1.54, 1.807) is 19.1 Å². The van der Waals surface area contributed by atoms with Crippen molar-refractivity contribution in [1.82, 2.24) is 10.2 Å². The molecule has 0 saturated heterocycles. The summed E-state index contributed by atoms with van der Waals surface area (Å²) in [6.07, 6.45) is 1.84. The molecule has 186 valence electrons. The number of hydrogen-bond donors (Lipinski definition) is 1. The van der Waals surface area contributed by atoms with Gasteiger partial charge >= 0.3 is 0 Å². The molecule has 0 bridgehead atoms. The number of benzene rings is 2. The monoisotopic (exact) mass is 487 g/mol.